The monoisotopic (exact) mass is 264 g/mol. The summed E-state index contributed by atoms with van der Waals surface area (Å²) in [5.41, 5.74) is 0.401. The molecule has 0 aromatic heterocycles. The lowest BCUT2D eigenvalue weighted by molar-refractivity contribution is -0.132. The fraction of sp³-hybridized carbons (Fsp3) is 0.938. The van der Waals surface area contributed by atoms with E-state index in [1.54, 1.807) is 0 Å². The van der Waals surface area contributed by atoms with Gasteiger partial charge in [0.2, 0.25) is 5.91 Å². The Balaban J connectivity index is 1.52. The third kappa shape index (κ3) is 2.67. The van der Waals surface area contributed by atoms with Crippen LogP contribution >= 0.6 is 0 Å². The Hall–Kier alpha value is -0.570. The van der Waals surface area contributed by atoms with Gasteiger partial charge in [-0.25, -0.2) is 0 Å². The molecular weight excluding hydrogens is 236 g/mol. The second-order valence-corrected chi connectivity index (χ2v) is 7.44. The van der Waals surface area contributed by atoms with Crippen molar-refractivity contribution in [1.29, 1.82) is 0 Å². The van der Waals surface area contributed by atoms with Crippen LogP contribution in [0.25, 0.3) is 0 Å². The lowest BCUT2D eigenvalue weighted by Gasteiger charge is -2.25. The zero-order valence-electron chi connectivity index (χ0n) is 12.5. The predicted molar refractivity (Wildman–Crippen MR) is 76.8 cm³/mol. The molecule has 3 rings (SSSR count). The zero-order chi connectivity index (χ0) is 13.5. The molecule has 1 amide bonds. The molecule has 19 heavy (non-hydrogen) atoms. The molecule has 1 spiro atoms. The summed E-state index contributed by atoms with van der Waals surface area (Å²) >= 11 is 0. The molecule has 0 radical (unpaired) electrons. The van der Waals surface area contributed by atoms with Crippen LogP contribution < -0.4 is 5.32 Å². The van der Waals surface area contributed by atoms with E-state index in [0.717, 1.165) is 38.0 Å². The van der Waals surface area contributed by atoms with Crippen LogP contribution in [-0.4, -0.2) is 37.0 Å². The standard InChI is InChI=1S/C16H28N2O/c1-12(2)9-13-3-8-18(11-13)15(19)14-10-16(14)4-6-17-7-5-16/h12-14,17H,3-11H2,1-2H3. The molecule has 108 valence electrons. The zero-order valence-corrected chi connectivity index (χ0v) is 12.5. The topological polar surface area (TPSA) is 32.3 Å². The van der Waals surface area contributed by atoms with Crippen LogP contribution in [-0.2, 0) is 4.79 Å². The number of carbonyl (C=O) groups is 1. The fourth-order valence-electron chi connectivity index (χ4n) is 4.29. The number of nitrogens with one attached hydrogen (secondary N) is 1. The highest BCUT2D eigenvalue weighted by atomic mass is 16.2. The van der Waals surface area contributed by atoms with E-state index in [9.17, 15) is 4.79 Å². The first kappa shape index (κ1) is 13.4. The van der Waals surface area contributed by atoms with Crippen LogP contribution in [0.2, 0.25) is 0 Å². The van der Waals surface area contributed by atoms with Crippen molar-refractivity contribution in [3.8, 4) is 0 Å². The summed E-state index contributed by atoms with van der Waals surface area (Å²) in [6, 6.07) is 0. The second kappa shape index (κ2) is 5.08. The van der Waals surface area contributed by atoms with Crippen molar-refractivity contribution in [3.05, 3.63) is 0 Å². The average molecular weight is 264 g/mol. The van der Waals surface area contributed by atoms with Crippen molar-refractivity contribution in [2.45, 2.75) is 46.0 Å². The molecule has 1 aliphatic carbocycles. The van der Waals surface area contributed by atoms with E-state index in [4.69, 9.17) is 0 Å². The van der Waals surface area contributed by atoms with Crippen molar-refractivity contribution in [3.63, 3.8) is 0 Å². The molecule has 0 aromatic carbocycles. The Kier molecular flexibility index (Phi) is 3.59. The lowest BCUT2D eigenvalue weighted by atomic mass is 9.91. The molecule has 2 unspecified atom stereocenters. The fourth-order valence-corrected chi connectivity index (χ4v) is 4.29. The number of carbonyl (C=O) groups excluding carboxylic acids is 1. The maximum atomic E-state index is 12.6. The van der Waals surface area contributed by atoms with E-state index in [1.807, 2.05) is 0 Å². The van der Waals surface area contributed by atoms with Crippen LogP contribution in [0.3, 0.4) is 0 Å². The van der Waals surface area contributed by atoms with Crippen molar-refractivity contribution in [2.24, 2.45) is 23.2 Å². The van der Waals surface area contributed by atoms with Gasteiger partial charge in [-0.15, -0.1) is 0 Å². The normalized spacial score (nSPS) is 33.1. The first-order chi connectivity index (χ1) is 9.11. The molecule has 0 aromatic rings. The molecule has 2 atom stereocenters. The van der Waals surface area contributed by atoms with Crippen LogP contribution in [0.1, 0.15) is 46.0 Å². The highest BCUT2D eigenvalue weighted by molar-refractivity contribution is 5.83. The van der Waals surface area contributed by atoms with Crippen molar-refractivity contribution in [2.75, 3.05) is 26.2 Å². The Bertz CT molecular complexity index is 347. The molecule has 1 saturated carbocycles. The van der Waals surface area contributed by atoms with E-state index in [-0.39, 0.29) is 0 Å². The Morgan fingerprint density at radius 1 is 1.37 bits per heavy atom. The summed E-state index contributed by atoms with van der Waals surface area (Å²) in [4.78, 5) is 14.8. The smallest absolute Gasteiger partial charge is 0.226 e. The highest BCUT2D eigenvalue weighted by Gasteiger charge is 2.58. The van der Waals surface area contributed by atoms with Crippen LogP contribution in [0.4, 0.5) is 0 Å². The van der Waals surface area contributed by atoms with Gasteiger partial charge in [-0.2, -0.15) is 0 Å². The minimum Gasteiger partial charge on any atom is -0.342 e. The molecule has 3 aliphatic rings. The van der Waals surface area contributed by atoms with Gasteiger partial charge in [0.05, 0.1) is 0 Å². The van der Waals surface area contributed by atoms with Gasteiger partial charge in [-0.05, 0) is 62.4 Å². The van der Waals surface area contributed by atoms with Gasteiger partial charge in [0.1, 0.15) is 0 Å². The summed E-state index contributed by atoms with van der Waals surface area (Å²) in [5, 5.41) is 3.41. The van der Waals surface area contributed by atoms with Gasteiger partial charge in [0.15, 0.2) is 0 Å². The van der Waals surface area contributed by atoms with E-state index >= 15 is 0 Å². The first-order valence-electron chi connectivity index (χ1n) is 8.10. The predicted octanol–water partition coefficient (Wildman–Crippen LogP) is 2.27. The number of rotatable bonds is 3. The molecule has 0 bridgehead atoms. The largest absolute Gasteiger partial charge is 0.342 e. The summed E-state index contributed by atoms with van der Waals surface area (Å²) in [7, 11) is 0. The molecule has 1 N–H and O–H groups in total. The lowest BCUT2D eigenvalue weighted by Crippen LogP contribution is -2.35. The Morgan fingerprint density at radius 2 is 2.11 bits per heavy atom. The average Bonchev–Trinajstić information content (AvgIpc) is 2.85. The molecule has 2 aliphatic heterocycles. The van der Waals surface area contributed by atoms with Gasteiger partial charge in [-0.3, -0.25) is 4.79 Å². The number of hydrogen-bond acceptors (Lipinski definition) is 2. The quantitative estimate of drug-likeness (QED) is 0.848. The van der Waals surface area contributed by atoms with Crippen molar-refractivity contribution >= 4 is 5.91 Å². The number of piperidine rings is 1. The minimum absolute atomic E-state index is 0.368. The van der Waals surface area contributed by atoms with E-state index < -0.39 is 0 Å². The number of hydrogen-bond donors (Lipinski definition) is 1. The van der Waals surface area contributed by atoms with Gasteiger partial charge in [-0.1, -0.05) is 13.8 Å². The van der Waals surface area contributed by atoms with E-state index in [2.05, 4.69) is 24.1 Å². The Labute approximate surface area is 117 Å². The van der Waals surface area contributed by atoms with Crippen LogP contribution in [0.5, 0.6) is 0 Å². The summed E-state index contributed by atoms with van der Waals surface area (Å²) in [5.74, 6) is 2.36. The third-order valence-electron chi connectivity index (χ3n) is 5.49. The molecular formula is C16H28N2O. The highest BCUT2D eigenvalue weighted by Crippen LogP contribution is 2.59. The first-order valence-corrected chi connectivity index (χ1v) is 8.10. The number of amides is 1. The molecule has 2 saturated heterocycles. The van der Waals surface area contributed by atoms with E-state index in [1.165, 1.54) is 32.1 Å². The Morgan fingerprint density at radius 3 is 2.79 bits per heavy atom. The van der Waals surface area contributed by atoms with Gasteiger partial charge in [0.25, 0.3) is 0 Å². The molecule has 3 fully saturated rings. The van der Waals surface area contributed by atoms with Gasteiger partial charge < -0.3 is 10.2 Å². The third-order valence-corrected chi connectivity index (χ3v) is 5.49. The van der Waals surface area contributed by atoms with Gasteiger partial charge in [0, 0.05) is 19.0 Å². The van der Waals surface area contributed by atoms with Crippen LogP contribution in [0.15, 0.2) is 0 Å². The van der Waals surface area contributed by atoms with Crippen molar-refractivity contribution < 1.29 is 4.79 Å². The number of nitrogens with zero attached hydrogens (tertiary/aromatic N) is 1. The SMILES string of the molecule is CC(C)CC1CCN(C(=O)C2CC23CCNCC3)C1. The number of likely N-dealkylation sites (tertiary alicyclic amines) is 1. The molecule has 3 heteroatoms. The van der Waals surface area contributed by atoms with Crippen molar-refractivity contribution in [1.82, 2.24) is 10.2 Å². The molecule has 2 heterocycles. The minimum atomic E-state index is 0.368. The summed E-state index contributed by atoms with van der Waals surface area (Å²) in [6.07, 6.45) is 6.10. The van der Waals surface area contributed by atoms with Gasteiger partial charge >= 0.3 is 0 Å². The van der Waals surface area contributed by atoms with Crippen LogP contribution in [0, 0.1) is 23.2 Å². The maximum Gasteiger partial charge on any atom is 0.226 e. The maximum absolute atomic E-state index is 12.6. The van der Waals surface area contributed by atoms with E-state index in [0.29, 0.717) is 17.2 Å². The summed E-state index contributed by atoms with van der Waals surface area (Å²) in [6.45, 7) is 8.84. The molecule has 3 nitrogen and oxygen atoms in total. The second-order valence-electron chi connectivity index (χ2n) is 7.44. The summed E-state index contributed by atoms with van der Waals surface area (Å²) < 4.78 is 0.